The highest BCUT2D eigenvalue weighted by Gasteiger charge is 2.31. The van der Waals surface area contributed by atoms with Crippen LogP contribution in [0, 0.1) is 34.9 Å². The number of carbonyl (C=O) groups is 2. The van der Waals surface area contributed by atoms with Gasteiger partial charge in [-0.1, -0.05) is 25.1 Å². The molecule has 2 aliphatic rings. The van der Waals surface area contributed by atoms with Crippen molar-refractivity contribution in [2.24, 2.45) is 17.8 Å². The summed E-state index contributed by atoms with van der Waals surface area (Å²) >= 11 is 0. The van der Waals surface area contributed by atoms with Gasteiger partial charge in [-0.15, -0.1) is 0 Å². The van der Waals surface area contributed by atoms with Gasteiger partial charge in [0.25, 0.3) is 0 Å². The molecule has 0 bridgehead atoms. The predicted molar refractivity (Wildman–Crippen MR) is 130 cm³/mol. The van der Waals surface area contributed by atoms with Gasteiger partial charge in [0.2, 0.25) is 11.8 Å². The number of aromatic nitrogens is 2. The van der Waals surface area contributed by atoms with Crippen molar-refractivity contribution in [1.29, 1.82) is 5.26 Å². The first-order chi connectivity index (χ1) is 16.9. The van der Waals surface area contributed by atoms with Crippen LogP contribution in [0.5, 0.6) is 0 Å². The Morgan fingerprint density at radius 3 is 2.74 bits per heavy atom. The molecule has 2 N–H and O–H groups in total. The van der Waals surface area contributed by atoms with E-state index in [0.717, 1.165) is 34.9 Å². The van der Waals surface area contributed by atoms with E-state index in [2.05, 4.69) is 21.4 Å². The summed E-state index contributed by atoms with van der Waals surface area (Å²) in [6.45, 7) is 2.91. The third kappa shape index (κ3) is 4.80. The molecule has 178 valence electrons. The van der Waals surface area contributed by atoms with E-state index in [9.17, 15) is 19.2 Å². The average Bonchev–Trinajstić information content (AvgIpc) is 3.60. The number of H-pyrrole nitrogens is 1. The molecule has 2 amide bonds. The van der Waals surface area contributed by atoms with Crippen LogP contribution in [0.4, 0.5) is 10.2 Å². The van der Waals surface area contributed by atoms with Crippen LogP contribution < -0.4 is 5.32 Å². The van der Waals surface area contributed by atoms with Crippen LogP contribution >= 0.6 is 0 Å². The summed E-state index contributed by atoms with van der Waals surface area (Å²) in [6, 6.07) is 11.9. The lowest BCUT2D eigenvalue weighted by molar-refractivity contribution is -0.133. The molecule has 5 rings (SSSR count). The summed E-state index contributed by atoms with van der Waals surface area (Å²) < 4.78 is 13.2. The number of benzene rings is 1. The van der Waals surface area contributed by atoms with Gasteiger partial charge >= 0.3 is 0 Å². The number of halogens is 1. The molecule has 3 aromatic rings. The lowest BCUT2D eigenvalue weighted by Crippen LogP contribution is -2.41. The number of anilines is 1. The van der Waals surface area contributed by atoms with Gasteiger partial charge in [0, 0.05) is 30.6 Å². The number of nitrogens with zero attached hydrogens (tertiary/aromatic N) is 3. The Bertz CT molecular complexity index is 1350. The fourth-order valence-electron chi connectivity index (χ4n) is 4.65. The first-order valence-electron chi connectivity index (χ1n) is 11.8. The van der Waals surface area contributed by atoms with Crippen molar-refractivity contribution < 1.29 is 14.0 Å². The maximum absolute atomic E-state index is 13.2. The molecule has 2 atom stereocenters. The number of rotatable bonds is 6. The van der Waals surface area contributed by atoms with Crippen molar-refractivity contribution in [3.63, 3.8) is 0 Å². The van der Waals surface area contributed by atoms with Crippen molar-refractivity contribution in [2.45, 2.75) is 26.2 Å². The smallest absolute Gasteiger partial charge is 0.240 e. The number of carbonyl (C=O) groups excluding carboxylic acids is 2. The monoisotopic (exact) mass is 471 g/mol. The Morgan fingerprint density at radius 2 is 2.06 bits per heavy atom. The van der Waals surface area contributed by atoms with Crippen LogP contribution in [-0.2, 0) is 16.0 Å². The van der Waals surface area contributed by atoms with E-state index in [0.29, 0.717) is 24.6 Å². The molecule has 2 unspecified atom stereocenters. The van der Waals surface area contributed by atoms with E-state index in [-0.39, 0.29) is 35.9 Å². The van der Waals surface area contributed by atoms with Gasteiger partial charge in [0.15, 0.2) is 0 Å². The van der Waals surface area contributed by atoms with Crippen molar-refractivity contribution in [3.8, 4) is 6.07 Å². The molecule has 35 heavy (non-hydrogen) atoms. The van der Waals surface area contributed by atoms with Crippen molar-refractivity contribution >= 4 is 34.2 Å². The molecular weight excluding hydrogens is 445 g/mol. The SMILES string of the molecule is CC1CN(C(=O)C(C#N)Cc2ccc(F)cc2)CC=C1c1cc(NC(=O)C2CC2)nc2[nH]ccc12. The minimum absolute atomic E-state index is 0.000463. The minimum Gasteiger partial charge on any atom is -0.346 e. The van der Waals surface area contributed by atoms with Crippen LogP contribution in [0.15, 0.2) is 48.7 Å². The average molecular weight is 472 g/mol. The summed E-state index contributed by atoms with van der Waals surface area (Å²) in [7, 11) is 0. The van der Waals surface area contributed by atoms with Crippen molar-refractivity contribution in [3.05, 3.63) is 65.6 Å². The van der Waals surface area contributed by atoms with Gasteiger partial charge in [-0.05, 0) is 66.1 Å². The fraction of sp³-hybridized carbons (Fsp3) is 0.333. The van der Waals surface area contributed by atoms with Gasteiger partial charge in [-0.2, -0.15) is 5.26 Å². The second kappa shape index (κ2) is 9.34. The molecule has 1 aromatic carbocycles. The summed E-state index contributed by atoms with van der Waals surface area (Å²) in [4.78, 5) is 34.8. The molecule has 1 saturated carbocycles. The van der Waals surface area contributed by atoms with Crippen LogP contribution in [0.1, 0.15) is 30.9 Å². The second-order valence-corrected chi connectivity index (χ2v) is 9.37. The minimum atomic E-state index is -0.829. The fourth-order valence-corrected chi connectivity index (χ4v) is 4.65. The summed E-state index contributed by atoms with van der Waals surface area (Å²) in [5.41, 5.74) is 3.50. The van der Waals surface area contributed by atoms with Crippen LogP contribution in [0.3, 0.4) is 0 Å². The molecular formula is C27H26FN5O2. The molecule has 1 aliphatic carbocycles. The third-order valence-electron chi connectivity index (χ3n) is 6.71. The molecule has 2 aromatic heterocycles. The number of nitriles is 1. The maximum atomic E-state index is 13.2. The van der Waals surface area contributed by atoms with E-state index in [4.69, 9.17) is 0 Å². The first-order valence-corrected chi connectivity index (χ1v) is 11.8. The van der Waals surface area contributed by atoms with E-state index in [1.165, 1.54) is 12.1 Å². The highest BCUT2D eigenvalue weighted by molar-refractivity contribution is 5.97. The van der Waals surface area contributed by atoms with Gasteiger partial charge in [-0.25, -0.2) is 9.37 Å². The summed E-state index contributed by atoms with van der Waals surface area (Å²) in [5, 5.41) is 13.5. The Hall–Kier alpha value is -3.99. The van der Waals surface area contributed by atoms with E-state index >= 15 is 0 Å². The van der Waals surface area contributed by atoms with Crippen molar-refractivity contribution in [2.75, 3.05) is 18.4 Å². The number of hydrogen-bond donors (Lipinski definition) is 2. The van der Waals surface area contributed by atoms with Gasteiger partial charge in [-0.3, -0.25) is 9.59 Å². The molecule has 0 saturated heterocycles. The number of amides is 2. The van der Waals surface area contributed by atoms with E-state index < -0.39 is 5.92 Å². The largest absolute Gasteiger partial charge is 0.346 e. The van der Waals surface area contributed by atoms with Crippen LogP contribution in [-0.4, -0.2) is 39.8 Å². The molecule has 1 fully saturated rings. The normalized spacial score (nSPS) is 18.6. The standard InChI is InChI=1S/C27H26FN5O2/c1-16-15-33(27(35)19(14-29)12-17-2-6-20(28)7-3-17)11-9-21(16)23-13-24(32-26(34)18-4-5-18)31-25-22(23)8-10-30-25/h2-3,6-10,13,16,18-19H,4-5,11-12,15H2,1H3,(H2,30,31,32,34). The Labute approximate surface area is 202 Å². The molecule has 0 radical (unpaired) electrons. The van der Waals surface area contributed by atoms with Gasteiger partial charge in [0.1, 0.15) is 23.2 Å². The maximum Gasteiger partial charge on any atom is 0.240 e. The highest BCUT2D eigenvalue weighted by Crippen LogP contribution is 2.35. The molecule has 0 spiro atoms. The Kier molecular flexibility index (Phi) is 6.08. The molecule has 8 heteroatoms. The zero-order chi connectivity index (χ0) is 24.5. The summed E-state index contributed by atoms with van der Waals surface area (Å²) in [5.74, 6) is -0.788. The molecule has 1 aliphatic heterocycles. The lowest BCUT2D eigenvalue weighted by atomic mass is 9.88. The lowest BCUT2D eigenvalue weighted by Gasteiger charge is -2.33. The number of aromatic amines is 1. The predicted octanol–water partition coefficient (Wildman–Crippen LogP) is 4.29. The quantitative estimate of drug-likeness (QED) is 0.560. The number of nitrogens with one attached hydrogen (secondary N) is 2. The number of pyridine rings is 1. The van der Waals surface area contributed by atoms with Gasteiger partial charge in [0.05, 0.1) is 6.07 Å². The number of fused-ring (bicyclic) bond motifs is 1. The Balaban J connectivity index is 1.36. The van der Waals surface area contributed by atoms with Crippen LogP contribution in [0.25, 0.3) is 16.6 Å². The van der Waals surface area contributed by atoms with Crippen molar-refractivity contribution in [1.82, 2.24) is 14.9 Å². The van der Waals surface area contributed by atoms with Gasteiger partial charge < -0.3 is 15.2 Å². The third-order valence-corrected chi connectivity index (χ3v) is 6.71. The molecule has 7 nitrogen and oxygen atoms in total. The second-order valence-electron chi connectivity index (χ2n) is 9.37. The first kappa shape index (κ1) is 22.8. The molecule has 3 heterocycles. The zero-order valence-electron chi connectivity index (χ0n) is 19.4. The zero-order valence-corrected chi connectivity index (χ0v) is 19.4. The summed E-state index contributed by atoms with van der Waals surface area (Å²) in [6.07, 6.45) is 5.92. The Morgan fingerprint density at radius 1 is 1.29 bits per heavy atom. The van der Waals surface area contributed by atoms with E-state index in [1.54, 1.807) is 17.0 Å². The van der Waals surface area contributed by atoms with E-state index in [1.807, 2.05) is 31.3 Å². The topological polar surface area (TPSA) is 102 Å². The van der Waals surface area contributed by atoms with Crippen LogP contribution in [0.2, 0.25) is 0 Å². The number of hydrogen-bond acceptors (Lipinski definition) is 4. The highest BCUT2D eigenvalue weighted by atomic mass is 19.1.